The first-order valence-electron chi connectivity index (χ1n) is 7.23. The maximum Gasteiger partial charge on any atom is 0.274 e. The molecule has 24 heavy (non-hydrogen) atoms. The Morgan fingerprint density at radius 1 is 1.25 bits per heavy atom. The van der Waals surface area contributed by atoms with Gasteiger partial charge >= 0.3 is 0 Å². The van der Waals surface area contributed by atoms with Crippen LogP contribution in [0.1, 0.15) is 15.9 Å². The van der Waals surface area contributed by atoms with Gasteiger partial charge in [-0.15, -0.1) is 0 Å². The van der Waals surface area contributed by atoms with Crippen LogP contribution in [0.4, 0.5) is 4.39 Å². The van der Waals surface area contributed by atoms with E-state index in [0.29, 0.717) is 0 Å². The Hall–Kier alpha value is -3.46. The van der Waals surface area contributed by atoms with Crippen LogP contribution in [0.2, 0.25) is 0 Å². The molecule has 0 unspecified atom stereocenters. The number of para-hydroxylation sites is 1. The normalized spacial score (nSPS) is 10.8. The van der Waals surface area contributed by atoms with Crippen LogP contribution in [0.5, 0.6) is 0 Å². The SMILES string of the molecule is N#CCn1cc(/C=N\NC(=O)c2ccccc2F)c2ccccc21. The molecule has 3 rings (SSSR count). The average molecular weight is 320 g/mol. The zero-order valence-electron chi connectivity index (χ0n) is 12.6. The van der Waals surface area contributed by atoms with Gasteiger partial charge in [-0.2, -0.15) is 10.4 Å². The highest BCUT2D eigenvalue weighted by atomic mass is 19.1. The van der Waals surface area contributed by atoms with E-state index in [9.17, 15) is 9.18 Å². The summed E-state index contributed by atoms with van der Waals surface area (Å²) in [6, 6.07) is 15.4. The second-order valence-corrected chi connectivity index (χ2v) is 5.07. The number of fused-ring (bicyclic) bond motifs is 1. The van der Waals surface area contributed by atoms with E-state index in [1.165, 1.54) is 24.4 Å². The van der Waals surface area contributed by atoms with Crippen LogP contribution in [0.15, 0.2) is 59.8 Å². The van der Waals surface area contributed by atoms with Crippen molar-refractivity contribution in [3.8, 4) is 6.07 Å². The van der Waals surface area contributed by atoms with Gasteiger partial charge < -0.3 is 4.57 Å². The van der Waals surface area contributed by atoms with Gasteiger partial charge in [0.15, 0.2) is 0 Å². The van der Waals surface area contributed by atoms with E-state index in [1.807, 2.05) is 24.3 Å². The van der Waals surface area contributed by atoms with E-state index >= 15 is 0 Å². The zero-order chi connectivity index (χ0) is 16.9. The van der Waals surface area contributed by atoms with E-state index in [0.717, 1.165) is 16.5 Å². The van der Waals surface area contributed by atoms with Gasteiger partial charge in [-0.1, -0.05) is 30.3 Å². The van der Waals surface area contributed by atoms with E-state index in [4.69, 9.17) is 5.26 Å². The molecular weight excluding hydrogens is 307 g/mol. The minimum absolute atomic E-state index is 0.0680. The van der Waals surface area contributed by atoms with Crippen LogP contribution < -0.4 is 5.43 Å². The van der Waals surface area contributed by atoms with Gasteiger partial charge in [-0.3, -0.25) is 4.79 Å². The monoisotopic (exact) mass is 320 g/mol. The van der Waals surface area contributed by atoms with E-state index in [1.54, 1.807) is 16.8 Å². The summed E-state index contributed by atoms with van der Waals surface area (Å²) in [6.45, 7) is 0.218. The van der Waals surface area contributed by atoms with Crippen molar-refractivity contribution in [2.45, 2.75) is 6.54 Å². The summed E-state index contributed by atoms with van der Waals surface area (Å²) in [5.41, 5.74) is 3.91. The predicted molar refractivity (Wildman–Crippen MR) is 89.0 cm³/mol. The van der Waals surface area contributed by atoms with Gasteiger partial charge in [0.25, 0.3) is 5.91 Å². The number of carbonyl (C=O) groups excluding carboxylic acids is 1. The van der Waals surface area contributed by atoms with Crippen molar-refractivity contribution >= 4 is 23.0 Å². The molecule has 3 aromatic rings. The maximum absolute atomic E-state index is 13.5. The van der Waals surface area contributed by atoms with Gasteiger partial charge in [-0.05, 0) is 18.2 Å². The van der Waals surface area contributed by atoms with Crippen LogP contribution in [-0.2, 0) is 6.54 Å². The minimum Gasteiger partial charge on any atom is -0.333 e. The van der Waals surface area contributed by atoms with Crippen molar-refractivity contribution in [1.82, 2.24) is 9.99 Å². The Balaban J connectivity index is 1.83. The Morgan fingerprint density at radius 3 is 2.79 bits per heavy atom. The molecule has 0 aliphatic rings. The third-order valence-electron chi connectivity index (χ3n) is 3.55. The largest absolute Gasteiger partial charge is 0.333 e. The van der Waals surface area contributed by atoms with Gasteiger partial charge in [0, 0.05) is 22.7 Å². The summed E-state index contributed by atoms with van der Waals surface area (Å²) in [6.07, 6.45) is 3.27. The highest BCUT2D eigenvalue weighted by molar-refractivity contribution is 6.00. The summed E-state index contributed by atoms with van der Waals surface area (Å²) in [7, 11) is 0. The molecule has 0 saturated carbocycles. The average Bonchev–Trinajstić information content (AvgIpc) is 2.94. The first-order valence-corrected chi connectivity index (χ1v) is 7.23. The van der Waals surface area contributed by atoms with Crippen molar-refractivity contribution < 1.29 is 9.18 Å². The van der Waals surface area contributed by atoms with E-state index in [-0.39, 0.29) is 12.1 Å². The topological polar surface area (TPSA) is 70.2 Å². The van der Waals surface area contributed by atoms with Gasteiger partial charge in [0.2, 0.25) is 0 Å². The molecule has 118 valence electrons. The molecule has 5 nitrogen and oxygen atoms in total. The zero-order valence-corrected chi connectivity index (χ0v) is 12.6. The van der Waals surface area contributed by atoms with Crippen molar-refractivity contribution in [1.29, 1.82) is 5.26 Å². The highest BCUT2D eigenvalue weighted by Gasteiger charge is 2.10. The number of halogens is 1. The number of benzene rings is 2. The molecule has 0 radical (unpaired) electrons. The molecule has 0 saturated heterocycles. The molecule has 2 aromatic carbocycles. The number of nitrogens with zero attached hydrogens (tertiary/aromatic N) is 3. The fraction of sp³-hybridized carbons (Fsp3) is 0.0556. The fourth-order valence-electron chi connectivity index (χ4n) is 2.45. The molecule has 0 aliphatic heterocycles. The van der Waals surface area contributed by atoms with Crippen LogP contribution in [0, 0.1) is 17.1 Å². The first-order chi connectivity index (χ1) is 11.7. The Bertz CT molecular complexity index is 969. The number of rotatable bonds is 4. The summed E-state index contributed by atoms with van der Waals surface area (Å²) in [4.78, 5) is 11.9. The third kappa shape index (κ3) is 3.01. The quantitative estimate of drug-likeness (QED) is 0.593. The lowest BCUT2D eigenvalue weighted by Crippen LogP contribution is -2.18. The molecule has 0 atom stereocenters. The number of carbonyl (C=O) groups is 1. The maximum atomic E-state index is 13.5. The summed E-state index contributed by atoms with van der Waals surface area (Å²) >= 11 is 0. The highest BCUT2D eigenvalue weighted by Crippen LogP contribution is 2.19. The van der Waals surface area contributed by atoms with E-state index < -0.39 is 11.7 Å². The number of hydrogen-bond acceptors (Lipinski definition) is 3. The summed E-state index contributed by atoms with van der Waals surface area (Å²) in [5, 5.41) is 13.7. The van der Waals surface area contributed by atoms with Crippen LogP contribution in [-0.4, -0.2) is 16.7 Å². The molecule has 1 heterocycles. The van der Waals surface area contributed by atoms with Crippen LogP contribution in [0.25, 0.3) is 10.9 Å². The minimum atomic E-state index is -0.620. The van der Waals surface area contributed by atoms with Crippen molar-refractivity contribution in [3.05, 3.63) is 71.7 Å². The first kappa shape index (κ1) is 15.4. The number of aromatic nitrogens is 1. The molecular formula is C18H13FN4O. The third-order valence-corrected chi connectivity index (χ3v) is 3.55. The smallest absolute Gasteiger partial charge is 0.274 e. The molecule has 1 amide bonds. The molecule has 0 fully saturated rings. The Kier molecular flexibility index (Phi) is 4.34. The van der Waals surface area contributed by atoms with Crippen molar-refractivity contribution in [2.75, 3.05) is 0 Å². The van der Waals surface area contributed by atoms with Crippen LogP contribution >= 0.6 is 0 Å². The standard InChI is InChI=1S/C18H13FN4O/c19-16-7-3-1-6-15(16)18(24)22-21-11-13-12-23(10-9-20)17-8-4-2-5-14(13)17/h1-8,11-12H,10H2,(H,22,24)/b21-11-. The predicted octanol–water partition coefficient (Wildman–Crippen LogP) is 3.07. The second kappa shape index (κ2) is 6.75. The number of nitriles is 1. The molecule has 1 aromatic heterocycles. The second-order valence-electron chi connectivity index (χ2n) is 5.07. The lowest BCUT2D eigenvalue weighted by atomic mass is 10.2. The Labute approximate surface area is 137 Å². The molecule has 6 heteroatoms. The number of amides is 1. The Morgan fingerprint density at radius 2 is 2.00 bits per heavy atom. The summed E-state index contributed by atoms with van der Waals surface area (Å²) in [5.74, 6) is -1.22. The van der Waals surface area contributed by atoms with E-state index in [2.05, 4.69) is 16.6 Å². The van der Waals surface area contributed by atoms with Gasteiger partial charge in [0.05, 0.1) is 17.8 Å². The summed E-state index contributed by atoms with van der Waals surface area (Å²) < 4.78 is 15.3. The molecule has 0 bridgehead atoms. The lowest BCUT2D eigenvalue weighted by Gasteiger charge is -2.00. The number of hydrazone groups is 1. The van der Waals surface area contributed by atoms with Crippen molar-refractivity contribution in [3.63, 3.8) is 0 Å². The number of hydrogen-bond donors (Lipinski definition) is 1. The van der Waals surface area contributed by atoms with Gasteiger partial charge in [0.1, 0.15) is 12.4 Å². The molecule has 1 N–H and O–H groups in total. The molecule has 0 aliphatic carbocycles. The lowest BCUT2D eigenvalue weighted by molar-refractivity contribution is 0.0951. The fourth-order valence-corrected chi connectivity index (χ4v) is 2.45. The molecule has 0 spiro atoms. The van der Waals surface area contributed by atoms with Crippen molar-refractivity contribution in [2.24, 2.45) is 5.10 Å². The number of nitrogens with one attached hydrogen (secondary N) is 1. The van der Waals surface area contributed by atoms with Crippen LogP contribution in [0.3, 0.4) is 0 Å². The van der Waals surface area contributed by atoms with Gasteiger partial charge in [-0.25, -0.2) is 9.82 Å².